The molecule has 0 fully saturated rings. The maximum Gasteiger partial charge on any atom is 0.0986 e. The summed E-state index contributed by atoms with van der Waals surface area (Å²) in [6.45, 7) is 0. The first kappa shape index (κ1) is 9.05. The number of allylic oxidation sites excluding steroid dienone is 2. The zero-order valence-corrected chi connectivity index (χ0v) is 9.35. The molecule has 82 valence electrons. The molecule has 0 atom stereocenters. The second kappa shape index (κ2) is 3.23. The molecule has 0 saturated heterocycles. The monoisotopic (exact) mass is 221 g/mol. The van der Waals surface area contributed by atoms with Crippen LogP contribution in [0.15, 0.2) is 52.0 Å². The standard InChI is InChI=1S/C14H11N3/c1-2-11-13(15-7-1)6-4-10-8-9-3-5-12(9)16-17-14(10)11/h1-2,4,6-7H,3,5,8H2. The summed E-state index contributed by atoms with van der Waals surface area (Å²) in [5.74, 6) is 0. The van der Waals surface area contributed by atoms with Crippen molar-refractivity contribution in [3.8, 4) is 0 Å². The van der Waals surface area contributed by atoms with E-state index in [4.69, 9.17) is 0 Å². The molecule has 1 aromatic heterocycles. The van der Waals surface area contributed by atoms with Crippen molar-refractivity contribution in [2.24, 2.45) is 10.2 Å². The predicted octanol–water partition coefficient (Wildman–Crippen LogP) is 3.92. The Balaban J connectivity index is 2.01. The molecule has 0 saturated carbocycles. The van der Waals surface area contributed by atoms with Crippen molar-refractivity contribution >= 4 is 16.6 Å². The highest BCUT2D eigenvalue weighted by atomic mass is 15.1. The van der Waals surface area contributed by atoms with Crippen LogP contribution in [0.3, 0.4) is 0 Å². The van der Waals surface area contributed by atoms with Gasteiger partial charge in [0.25, 0.3) is 0 Å². The summed E-state index contributed by atoms with van der Waals surface area (Å²) in [6, 6.07) is 8.24. The second-order valence-corrected chi connectivity index (χ2v) is 4.57. The number of hydrogen-bond acceptors (Lipinski definition) is 3. The largest absolute Gasteiger partial charge is 0.256 e. The minimum Gasteiger partial charge on any atom is -0.256 e. The molecule has 3 heteroatoms. The number of benzene rings is 1. The summed E-state index contributed by atoms with van der Waals surface area (Å²) in [5.41, 5.74) is 5.92. The lowest BCUT2D eigenvalue weighted by molar-refractivity contribution is 0.748. The normalized spacial score (nSPS) is 17.4. The lowest BCUT2D eigenvalue weighted by Gasteiger charge is -2.17. The maximum atomic E-state index is 4.42. The fourth-order valence-corrected chi connectivity index (χ4v) is 2.51. The van der Waals surface area contributed by atoms with Crippen LogP contribution in [0, 0.1) is 0 Å². The number of hydrogen-bond donors (Lipinski definition) is 0. The molecule has 4 rings (SSSR count). The molecule has 17 heavy (non-hydrogen) atoms. The average molecular weight is 221 g/mol. The summed E-state index contributed by atoms with van der Waals surface area (Å²) >= 11 is 0. The van der Waals surface area contributed by atoms with E-state index in [1.54, 1.807) is 0 Å². The number of pyridine rings is 1. The third-order valence-corrected chi connectivity index (χ3v) is 3.59. The third kappa shape index (κ3) is 1.25. The van der Waals surface area contributed by atoms with Crippen molar-refractivity contribution in [2.45, 2.75) is 19.3 Å². The van der Waals surface area contributed by atoms with Crippen LogP contribution in [-0.2, 0) is 6.42 Å². The predicted molar refractivity (Wildman–Crippen MR) is 66.2 cm³/mol. The number of fused-ring (bicyclic) bond motifs is 3. The molecule has 3 nitrogen and oxygen atoms in total. The van der Waals surface area contributed by atoms with Gasteiger partial charge in [0.15, 0.2) is 0 Å². The van der Waals surface area contributed by atoms with Crippen LogP contribution < -0.4 is 0 Å². The Kier molecular flexibility index (Phi) is 1.72. The van der Waals surface area contributed by atoms with Crippen molar-refractivity contribution in [1.29, 1.82) is 0 Å². The van der Waals surface area contributed by atoms with E-state index >= 15 is 0 Å². The molecule has 0 spiro atoms. The van der Waals surface area contributed by atoms with Crippen molar-refractivity contribution in [3.63, 3.8) is 0 Å². The third-order valence-electron chi connectivity index (χ3n) is 3.59. The zero-order valence-electron chi connectivity index (χ0n) is 9.35. The van der Waals surface area contributed by atoms with Crippen molar-refractivity contribution < 1.29 is 0 Å². The lowest BCUT2D eigenvalue weighted by Crippen LogP contribution is -2.03. The van der Waals surface area contributed by atoms with E-state index in [1.165, 1.54) is 23.3 Å². The molecule has 1 aromatic carbocycles. The Labute approximate surface area is 98.9 Å². The second-order valence-electron chi connectivity index (χ2n) is 4.57. The number of nitrogens with zero attached hydrogens (tertiary/aromatic N) is 3. The Morgan fingerprint density at radius 3 is 2.88 bits per heavy atom. The molecule has 0 N–H and O–H groups in total. The van der Waals surface area contributed by atoms with E-state index in [9.17, 15) is 0 Å². The van der Waals surface area contributed by atoms with Gasteiger partial charge < -0.3 is 0 Å². The average Bonchev–Trinajstić information content (AvgIpc) is 2.47. The van der Waals surface area contributed by atoms with Gasteiger partial charge in [0.05, 0.1) is 16.9 Å². The molecule has 2 aliphatic rings. The number of rotatable bonds is 0. The van der Waals surface area contributed by atoms with Crippen LogP contribution in [0.1, 0.15) is 18.4 Å². The first-order valence-electron chi connectivity index (χ1n) is 5.91. The summed E-state index contributed by atoms with van der Waals surface area (Å²) < 4.78 is 0. The maximum absolute atomic E-state index is 4.42. The van der Waals surface area contributed by atoms with Gasteiger partial charge in [-0.05, 0) is 48.6 Å². The van der Waals surface area contributed by atoms with Crippen molar-refractivity contribution in [3.05, 3.63) is 47.3 Å². The minimum atomic E-state index is 0.995. The topological polar surface area (TPSA) is 37.6 Å². The highest BCUT2D eigenvalue weighted by Gasteiger charge is 2.22. The summed E-state index contributed by atoms with van der Waals surface area (Å²) in [7, 11) is 0. The fourth-order valence-electron chi connectivity index (χ4n) is 2.51. The molecule has 0 radical (unpaired) electrons. The van der Waals surface area contributed by atoms with E-state index in [0.29, 0.717) is 0 Å². The highest BCUT2D eigenvalue weighted by molar-refractivity contribution is 5.91. The summed E-state index contributed by atoms with van der Waals surface area (Å²) in [4.78, 5) is 4.36. The van der Waals surface area contributed by atoms with Crippen LogP contribution in [0.2, 0.25) is 0 Å². The highest BCUT2D eigenvalue weighted by Crippen LogP contribution is 2.40. The molecule has 0 bridgehead atoms. The molecule has 1 aliphatic carbocycles. The smallest absolute Gasteiger partial charge is 0.0986 e. The Hall–Kier alpha value is -2.03. The van der Waals surface area contributed by atoms with E-state index < -0.39 is 0 Å². The van der Waals surface area contributed by atoms with Gasteiger partial charge in [0.1, 0.15) is 0 Å². The summed E-state index contributed by atoms with van der Waals surface area (Å²) in [6.07, 6.45) is 5.08. The molecule has 0 amide bonds. The van der Waals surface area contributed by atoms with E-state index in [2.05, 4.69) is 33.4 Å². The first-order chi connectivity index (χ1) is 8.42. The minimum absolute atomic E-state index is 0.995. The zero-order chi connectivity index (χ0) is 11.2. The van der Waals surface area contributed by atoms with E-state index in [1.807, 2.05) is 12.3 Å². The Bertz CT molecular complexity index is 683. The van der Waals surface area contributed by atoms with E-state index in [0.717, 1.165) is 29.4 Å². The van der Waals surface area contributed by atoms with Crippen LogP contribution in [0.4, 0.5) is 5.69 Å². The first-order valence-corrected chi connectivity index (χ1v) is 5.91. The number of azo groups is 1. The van der Waals surface area contributed by atoms with Gasteiger partial charge in [-0.1, -0.05) is 6.07 Å². The number of aromatic nitrogens is 1. The molecule has 1 aliphatic heterocycles. The van der Waals surface area contributed by atoms with Gasteiger partial charge in [-0.15, -0.1) is 5.11 Å². The molecular weight excluding hydrogens is 210 g/mol. The Morgan fingerprint density at radius 2 is 2.00 bits per heavy atom. The molecule has 2 heterocycles. The quantitative estimate of drug-likeness (QED) is 0.664. The van der Waals surface area contributed by atoms with Gasteiger partial charge in [-0.3, -0.25) is 4.98 Å². The molecular formula is C14H11N3. The van der Waals surface area contributed by atoms with Crippen LogP contribution in [0.25, 0.3) is 10.9 Å². The van der Waals surface area contributed by atoms with Gasteiger partial charge >= 0.3 is 0 Å². The Morgan fingerprint density at radius 1 is 1.00 bits per heavy atom. The van der Waals surface area contributed by atoms with Crippen LogP contribution >= 0.6 is 0 Å². The molecule has 2 aromatic rings. The summed E-state index contributed by atoms with van der Waals surface area (Å²) in [5, 5.41) is 9.89. The van der Waals surface area contributed by atoms with Gasteiger partial charge in [0.2, 0.25) is 0 Å². The van der Waals surface area contributed by atoms with Crippen molar-refractivity contribution in [1.82, 2.24) is 4.98 Å². The fraction of sp³-hybridized carbons (Fsp3) is 0.214. The van der Waals surface area contributed by atoms with Gasteiger partial charge in [-0.2, -0.15) is 5.11 Å². The molecule has 0 unspecified atom stereocenters. The lowest BCUT2D eigenvalue weighted by atomic mass is 9.89. The van der Waals surface area contributed by atoms with Crippen LogP contribution in [-0.4, -0.2) is 4.98 Å². The van der Waals surface area contributed by atoms with E-state index in [-0.39, 0.29) is 0 Å². The van der Waals surface area contributed by atoms with Gasteiger partial charge in [-0.25, -0.2) is 0 Å². The van der Waals surface area contributed by atoms with Crippen LogP contribution in [0.5, 0.6) is 0 Å². The SMILES string of the molecule is c1cnc2ccc3c(c2c1)N=NC1=C(CC1)C3. The van der Waals surface area contributed by atoms with Crippen molar-refractivity contribution in [2.75, 3.05) is 0 Å². The van der Waals surface area contributed by atoms with Gasteiger partial charge in [0, 0.05) is 11.6 Å².